The summed E-state index contributed by atoms with van der Waals surface area (Å²) in [6, 6.07) is 0. The van der Waals surface area contributed by atoms with Crippen LogP contribution in [0.3, 0.4) is 0 Å². The first kappa shape index (κ1) is 21.3. The van der Waals surface area contributed by atoms with Crippen molar-refractivity contribution in [3.63, 3.8) is 0 Å². The molecule has 0 aliphatic carbocycles. The Morgan fingerprint density at radius 3 is 1.14 bits per heavy atom. The van der Waals surface area contributed by atoms with Crippen molar-refractivity contribution < 1.29 is 71.4 Å². The normalized spacial score (nSPS) is 46.9. The molecular formula is C10H18O10Pt. The fraction of sp³-hybridized carbons (Fsp3) is 1.00. The first-order valence-electron chi connectivity index (χ1n) is 5.89. The van der Waals surface area contributed by atoms with Gasteiger partial charge in [-0.2, -0.15) is 0 Å². The number of ether oxygens (including phenoxy) is 2. The van der Waals surface area contributed by atoms with E-state index in [2.05, 4.69) is 9.47 Å². The Kier molecular flexibility index (Phi) is 9.56. The Labute approximate surface area is 134 Å². The molecule has 0 radical (unpaired) electrons. The second kappa shape index (κ2) is 9.43. The fourth-order valence-corrected chi connectivity index (χ4v) is 1.56. The smallest absolute Gasteiger partial charge is 0.829 e. The average Bonchev–Trinajstić information content (AvgIpc) is 2.43. The maximum Gasteiger partial charge on any atom is 2.00 e. The largest absolute Gasteiger partial charge is 2.00 e. The van der Waals surface area contributed by atoms with E-state index in [1.165, 1.54) is 0 Å². The predicted octanol–water partition coefficient (Wildman–Crippen LogP) is -6.43. The SMILES string of the molecule is [O-]C1OC[C@@H](O)[C@H](O)[C@H]1O.[O-]C1OC[C@@H](O)[C@H](O)[C@H]1O.[Pt+2]. The van der Waals surface area contributed by atoms with Crippen LogP contribution in [-0.2, 0) is 30.5 Å². The van der Waals surface area contributed by atoms with Gasteiger partial charge in [-0.3, -0.25) is 0 Å². The van der Waals surface area contributed by atoms with E-state index in [4.69, 9.17) is 30.6 Å². The zero-order valence-corrected chi connectivity index (χ0v) is 12.9. The Balaban J connectivity index is 0.000000364. The van der Waals surface area contributed by atoms with E-state index < -0.39 is 49.2 Å². The van der Waals surface area contributed by atoms with Crippen molar-refractivity contribution in [2.75, 3.05) is 13.2 Å². The van der Waals surface area contributed by atoms with Crippen LogP contribution in [0, 0.1) is 0 Å². The van der Waals surface area contributed by atoms with Crippen molar-refractivity contribution in [2.24, 2.45) is 0 Å². The van der Waals surface area contributed by atoms with Gasteiger partial charge >= 0.3 is 21.1 Å². The van der Waals surface area contributed by atoms with Crippen molar-refractivity contribution >= 4 is 0 Å². The van der Waals surface area contributed by atoms with Gasteiger partial charge in [-0.05, 0) is 0 Å². The molecule has 0 aromatic carbocycles. The number of rotatable bonds is 0. The summed E-state index contributed by atoms with van der Waals surface area (Å²) in [5.41, 5.74) is 0. The Hall–Kier alpha value is 0.288. The third kappa shape index (κ3) is 5.77. The molecule has 128 valence electrons. The molecule has 0 bridgehead atoms. The summed E-state index contributed by atoms with van der Waals surface area (Å²) in [5, 5.41) is 73.8. The van der Waals surface area contributed by atoms with E-state index in [9.17, 15) is 10.2 Å². The summed E-state index contributed by atoms with van der Waals surface area (Å²) >= 11 is 0. The minimum Gasteiger partial charge on any atom is -0.829 e. The van der Waals surface area contributed by atoms with Crippen LogP contribution in [0.15, 0.2) is 0 Å². The summed E-state index contributed by atoms with van der Waals surface area (Å²) in [7, 11) is 0. The van der Waals surface area contributed by atoms with Crippen molar-refractivity contribution in [1.29, 1.82) is 0 Å². The summed E-state index contributed by atoms with van der Waals surface area (Å²) in [5.74, 6) is 0. The van der Waals surface area contributed by atoms with E-state index in [0.717, 1.165) is 0 Å². The predicted molar refractivity (Wildman–Crippen MR) is 55.5 cm³/mol. The summed E-state index contributed by atoms with van der Waals surface area (Å²) in [6.45, 7) is -0.432. The zero-order valence-electron chi connectivity index (χ0n) is 10.7. The van der Waals surface area contributed by atoms with Gasteiger partial charge in [0.1, 0.15) is 24.4 Å². The van der Waals surface area contributed by atoms with Crippen molar-refractivity contribution in [3.8, 4) is 0 Å². The van der Waals surface area contributed by atoms with E-state index in [1.54, 1.807) is 0 Å². The molecule has 6 N–H and O–H groups in total. The second-order valence-electron chi connectivity index (χ2n) is 4.50. The molecule has 2 fully saturated rings. The monoisotopic (exact) mass is 493 g/mol. The summed E-state index contributed by atoms with van der Waals surface area (Å²) in [6.07, 6.45) is -11.4. The maximum absolute atomic E-state index is 10.5. The van der Waals surface area contributed by atoms with Gasteiger partial charge in [-0.25, -0.2) is 0 Å². The number of aliphatic hydroxyl groups is 6. The molecule has 2 unspecified atom stereocenters. The number of hydrogen-bond acceptors (Lipinski definition) is 10. The molecular weight excluding hydrogens is 475 g/mol. The molecule has 21 heavy (non-hydrogen) atoms. The molecule has 10 nitrogen and oxygen atoms in total. The van der Waals surface area contributed by atoms with Crippen LogP contribution in [0.1, 0.15) is 0 Å². The van der Waals surface area contributed by atoms with E-state index in [-0.39, 0.29) is 34.3 Å². The minimum atomic E-state index is -1.64. The van der Waals surface area contributed by atoms with Gasteiger partial charge in [-0.15, -0.1) is 0 Å². The standard InChI is InChI=1S/2C5H9O5.Pt/c2*6-2-1-10-5(9)4(8)3(2)7;/h2*2-8H,1H2;/q2*-1;+2/t2*2-,3+,4-,5?;/m11./s1. The summed E-state index contributed by atoms with van der Waals surface area (Å²) in [4.78, 5) is 0. The molecule has 11 heteroatoms. The van der Waals surface area contributed by atoms with Gasteiger partial charge in [0.15, 0.2) is 0 Å². The fourth-order valence-electron chi connectivity index (χ4n) is 1.56. The topological polar surface area (TPSA) is 186 Å². The quantitative estimate of drug-likeness (QED) is 0.190. The number of aliphatic hydroxyl groups excluding tert-OH is 6. The van der Waals surface area contributed by atoms with Gasteiger partial charge in [0.25, 0.3) is 0 Å². The van der Waals surface area contributed by atoms with Gasteiger partial charge in [0.05, 0.1) is 25.4 Å². The molecule has 0 saturated carbocycles. The van der Waals surface area contributed by atoms with Crippen LogP contribution in [0.2, 0.25) is 0 Å². The molecule has 2 rings (SSSR count). The molecule has 2 aliphatic heterocycles. The second-order valence-corrected chi connectivity index (χ2v) is 4.50. The van der Waals surface area contributed by atoms with Crippen LogP contribution in [0.4, 0.5) is 0 Å². The molecule has 0 aromatic rings. The van der Waals surface area contributed by atoms with Crippen molar-refractivity contribution in [1.82, 2.24) is 0 Å². The van der Waals surface area contributed by atoms with E-state index >= 15 is 0 Å². The first-order chi connectivity index (χ1) is 9.25. The third-order valence-electron chi connectivity index (χ3n) is 2.91. The molecule has 2 saturated heterocycles. The molecule has 2 heterocycles. The Morgan fingerprint density at radius 1 is 0.619 bits per heavy atom. The molecule has 2 aliphatic rings. The molecule has 0 aromatic heterocycles. The zero-order chi connectivity index (χ0) is 15.4. The number of hydrogen-bond donors (Lipinski definition) is 6. The van der Waals surface area contributed by atoms with Crippen LogP contribution in [0.25, 0.3) is 0 Å². The van der Waals surface area contributed by atoms with Crippen LogP contribution >= 0.6 is 0 Å². The minimum absolute atomic E-state index is 0. The van der Waals surface area contributed by atoms with Gasteiger partial charge < -0.3 is 50.3 Å². The van der Waals surface area contributed by atoms with Crippen LogP contribution in [-0.4, -0.2) is 93.1 Å². The third-order valence-corrected chi connectivity index (χ3v) is 2.91. The van der Waals surface area contributed by atoms with Gasteiger partial charge in [-0.1, -0.05) is 0 Å². The van der Waals surface area contributed by atoms with Gasteiger partial charge in [0.2, 0.25) is 0 Å². The van der Waals surface area contributed by atoms with Crippen LogP contribution in [0.5, 0.6) is 0 Å². The van der Waals surface area contributed by atoms with E-state index in [0.29, 0.717) is 0 Å². The van der Waals surface area contributed by atoms with Crippen LogP contribution < -0.4 is 10.2 Å². The average molecular weight is 493 g/mol. The summed E-state index contributed by atoms with van der Waals surface area (Å²) < 4.78 is 8.71. The first-order valence-corrected chi connectivity index (χ1v) is 5.89. The molecule has 8 atom stereocenters. The van der Waals surface area contributed by atoms with Crippen molar-refractivity contribution in [2.45, 2.75) is 49.2 Å². The Bertz CT molecular complexity index is 239. The maximum atomic E-state index is 10.5. The van der Waals surface area contributed by atoms with Gasteiger partial charge in [0, 0.05) is 12.6 Å². The van der Waals surface area contributed by atoms with E-state index in [1.807, 2.05) is 0 Å². The molecule has 0 amide bonds. The van der Waals surface area contributed by atoms with Crippen molar-refractivity contribution in [3.05, 3.63) is 0 Å². The molecule has 0 spiro atoms. The Morgan fingerprint density at radius 2 is 0.905 bits per heavy atom.